The summed E-state index contributed by atoms with van der Waals surface area (Å²) in [7, 11) is 0. The second kappa shape index (κ2) is 5.27. The maximum Gasteiger partial charge on any atom is 0.280 e. The smallest absolute Gasteiger partial charge is 0.280 e. The van der Waals surface area contributed by atoms with Crippen molar-refractivity contribution >= 4 is 28.0 Å². The largest absolute Gasteiger partial charge is 0.348 e. The Kier molecular flexibility index (Phi) is 3.23. The van der Waals surface area contributed by atoms with Gasteiger partial charge in [0.1, 0.15) is 5.82 Å². The maximum absolute atomic E-state index is 13.1. The minimum absolute atomic E-state index is 0.198. The second-order valence-corrected chi connectivity index (χ2v) is 6.23. The molecule has 0 spiro atoms. The van der Waals surface area contributed by atoms with Gasteiger partial charge in [0.05, 0.1) is 11.1 Å². The fourth-order valence-corrected chi connectivity index (χ4v) is 3.17. The summed E-state index contributed by atoms with van der Waals surface area (Å²) in [5.41, 5.74) is 0.317. The van der Waals surface area contributed by atoms with Crippen molar-refractivity contribution in [3.05, 3.63) is 56.9 Å². The van der Waals surface area contributed by atoms with Crippen LogP contribution in [0.2, 0.25) is 0 Å². The number of aromatic nitrogens is 2. The molecule has 5 nitrogen and oxygen atoms in total. The molecule has 1 aliphatic rings. The summed E-state index contributed by atoms with van der Waals surface area (Å²) in [6.45, 7) is 0. The highest BCUT2D eigenvalue weighted by atomic mass is 32.1. The minimum Gasteiger partial charge on any atom is -0.348 e. The number of nitrogens with zero attached hydrogens (tertiary/aromatic N) is 2. The van der Waals surface area contributed by atoms with Crippen LogP contribution >= 0.6 is 11.3 Å². The lowest BCUT2D eigenvalue weighted by molar-refractivity contribution is 0.0946. The first-order valence-corrected chi connectivity index (χ1v) is 8.14. The third-order valence-electron chi connectivity index (χ3n) is 3.74. The van der Waals surface area contributed by atoms with E-state index in [1.165, 1.54) is 35.6 Å². The van der Waals surface area contributed by atoms with Gasteiger partial charge in [-0.25, -0.2) is 4.39 Å². The number of carbonyl (C=O) groups excluding carboxylic acids is 1. The molecule has 1 aromatic carbocycles. The van der Waals surface area contributed by atoms with Crippen LogP contribution in [-0.4, -0.2) is 21.7 Å². The van der Waals surface area contributed by atoms with Crippen LogP contribution in [0.5, 0.6) is 0 Å². The van der Waals surface area contributed by atoms with Gasteiger partial charge in [0, 0.05) is 22.2 Å². The molecule has 0 radical (unpaired) electrons. The molecule has 0 aliphatic heterocycles. The van der Waals surface area contributed by atoms with Crippen LogP contribution in [0.4, 0.5) is 4.39 Å². The zero-order chi connectivity index (χ0) is 16.0. The van der Waals surface area contributed by atoms with Crippen molar-refractivity contribution in [3.63, 3.8) is 0 Å². The van der Waals surface area contributed by atoms with Crippen LogP contribution in [0.3, 0.4) is 0 Å². The van der Waals surface area contributed by atoms with Gasteiger partial charge in [0.2, 0.25) is 0 Å². The first-order chi connectivity index (χ1) is 11.1. The number of halogens is 1. The van der Waals surface area contributed by atoms with Crippen LogP contribution < -0.4 is 10.9 Å². The van der Waals surface area contributed by atoms with E-state index in [2.05, 4.69) is 10.4 Å². The number of rotatable bonds is 3. The zero-order valence-corrected chi connectivity index (χ0v) is 12.8. The molecule has 23 heavy (non-hydrogen) atoms. The van der Waals surface area contributed by atoms with Gasteiger partial charge in [0.25, 0.3) is 11.5 Å². The molecular weight excluding hydrogens is 317 g/mol. The third-order valence-corrected chi connectivity index (χ3v) is 4.48. The van der Waals surface area contributed by atoms with Crippen molar-refractivity contribution in [3.8, 4) is 5.69 Å². The fraction of sp³-hybridized carbons (Fsp3) is 0.188. The highest BCUT2D eigenvalue weighted by molar-refractivity contribution is 7.09. The van der Waals surface area contributed by atoms with Crippen molar-refractivity contribution in [2.24, 2.45) is 0 Å². The average molecular weight is 329 g/mol. The van der Waals surface area contributed by atoms with Gasteiger partial charge in [-0.1, -0.05) is 0 Å². The van der Waals surface area contributed by atoms with Gasteiger partial charge in [-0.15, -0.1) is 0 Å². The number of nitrogens with one attached hydrogen (secondary N) is 1. The summed E-state index contributed by atoms with van der Waals surface area (Å²) in [5.74, 6) is -0.683. The van der Waals surface area contributed by atoms with E-state index in [4.69, 9.17) is 0 Å². The number of thiophene rings is 1. The molecule has 0 unspecified atom stereocenters. The van der Waals surface area contributed by atoms with E-state index in [-0.39, 0.29) is 23.2 Å². The molecule has 0 atom stereocenters. The highest BCUT2D eigenvalue weighted by Crippen LogP contribution is 2.22. The van der Waals surface area contributed by atoms with E-state index in [9.17, 15) is 14.0 Å². The monoisotopic (exact) mass is 329 g/mol. The summed E-state index contributed by atoms with van der Waals surface area (Å²) in [6.07, 6.45) is 1.94. The molecule has 0 saturated heterocycles. The molecule has 1 N–H and O–H groups in total. The molecule has 2 aromatic heterocycles. The first-order valence-electron chi connectivity index (χ1n) is 7.19. The van der Waals surface area contributed by atoms with Crippen molar-refractivity contribution in [2.75, 3.05) is 0 Å². The summed E-state index contributed by atoms with van der Waals surface area (Å²) in [4.78, 5) is 25.0. The molecule has 3 aromatic rings. The van der Waals surface area contributed by atoms with E-state index >= 15 is 0 Å². The Labute approximate surface area is 134 Å². The van der Waals surface area contributed by atoms with E-state index < -0.39 is 5.82 Å². The number of amides is 1. The number of hydrogen-bond acceptors (Lipinski definition) is 4. The summed E-state index contributed by atoms with van der Waals surface area (Å²) in [5, 5.41) is 11.6. The molecule has 2 heterocycles. The Hall–Kier alpha value is -2.54. The lowest BCUT2D eigenvalue weighted by Crippen LogP contribution is -2.30. The fourth-order valence-electron chi connectivity index (χ4n) is 2.37. The Balaban J connectivity index is 1.90. The quantitative estimate of drug-likeness (QED) is 0.803. The van der Waals surface area contributed by atoms with Crippen LogP contribution in [0.25, 0.3) is 16.5 Å². The van der Waals surface area contributed by atoms with Crippen molar-refractivity contribution in [2.45, 2.75) is 18.9 Å². The van der Waals surface area contributed by atoms with Crippen molar-refractivity contribution in [1.82, 2.24) is 15.1 Å². The third kappa shape index (κ3) is 2.53. The predicted molar refractivity (Wildman–Crippen MR) is 85.7 cm³/mol. The Bertz CT molecular complexity index is 958. The lowest BCUT2D eigenvalue weighted by Gasteiger charge is -2.09. The predicted octanol–water partition coefficient (Wildman–Crippen LogP) is 2.48. The molecule has 1 aliphatic carbocycles. The molecule has 1 amide bonds. The standard InChI is InChI=1S/C16H12FN3O2S/c17-9-1-5-11(6-2-9)20-16(22)13-8-23-7-12(13)14(19-20)15(21)18-10-3-4-10/h1-2,5-8,10H,3-4H2,(H,18,21). The molecule has 1 fully saturated rings. The van der Waals surface area contributed by atoms with E-state index in [0.717, 1.165) is 17.5 Å². The number of hydrogen-bond donors (Lipinski definition) is 1. The zero-order valence-electron chi connectivity index (χ0n) is 12.0. The minimum atomic E-state index is -0.398. The maximum atomic E-state index is 13.1. The van der Waals surface area contributed by atoms with Crippen LogP contribution in [0.1, 0.15) is 23.3 Å². The summed E-state index contributed by atoms with van der Waals surface area (Å²) in [6, 6.07) is 5.63. The van der Waals surface area contributed by atoms with Gasteiger partial charge in [-0.3, -0.25) is 9.59 Å². The van der Waals surface area contributed by atoms with Crippen molar-refractivity contribution in [1.29, 1.82) is 0 Å². The normalized spacial score (nSPS) is 14.1. The van der Waals surface area contributed by atoms with Gasteiger partial charge < -0.3 is 5.32 Å². The van der Waals surface area contributed by atoms with Gasteiger partial charge in [-0.2, -0.15) is 21.1 Å². The Morgan fingerprint density at radius 2 is 1.91 bits per heavy atom. The molecule has 4 rings (SSSR count). The molecule has 1 saturated carbocycles. The van der Waals surface area contributed by atoms with Crippen LogP contribution in [-0.2, 0) is 0 Å². The lowest BCUT2D eigenvalue weighted by atomic mass is 10.2. The first kappa shape index (κ1) is 14.1. The summed E-state index contributed by atoms with van der Waals surface area (Å²) < 4.78 is 14.2. The van der Waals surface area contributed by atoms with Gasteiger partial charge >= 0.3 is 0 Å². The number of benzene rings is 1. The van der Waals surface area contributed by atoms with E-state index in [1.807, 2.05) is 0 Å². The number of fused-ring (bicyclic) bond motifs is 1. The molecule has 7 heteroatoms. The molecular formula is C16H12FN3O2S. The van der Waals surface area contributed by atoms with E-state index in [0.29, 0.717) is 16.5 Å². The highest BCUT2D eigenvalue weighted by Gasteiger charge is 2.26. The SMILES string of the molecule is O=C(NC1CC1)c1nn(-c2ccc(F)cc2)c(=O)c2cscc12. The summed E-state index contributed by atoms with van der Waals surface area (Å²) >= 11 is 1.35. The molecule has 0 bridgehead atoms. The second-order valence-electron chi connectivity index (χ2n) is 5.49. The topological polar surface area (TPSA) is 64.0 Å². The van der Waals surface area contributed by atoms with Crippen LogP contribution in [0.15, 0.2) is 39.8 Å². The Morgan fingerprint density at radius 3 is 2.61 bits per heavy atom. The van der Waals surface area contributed by atoms with E-state index in [1.54, 1.807) is 10.8 Å². The van der Waals surface area contributed by atoms with Crippen LogP contribution in [0, 0.1) is 5.82 Å². The van der Waals surface area contributed by atoms with Crippen molar-refractivity contribution < 1.29 is 9.18 Å². The van der Waals surface area contributed by atoms with Gasteiger partial charge in [-0.05, 0) is 37.1 Å². The Morgan fingerprint density at radius 1 is 1.22 bits per heavy atom. The van der Waals surface area contributed by atoms with Gasteiger partial charge in [0.15, 0.2) is 5.69 Å². The molecule has 116 valence electrons. The number of carbonyl (C=O) groups is 1. The average Bonchev–Trinajstić information content (AvgIpc) is 3.21.